The first-order chi connectivity index (χ1) is 1.00. The van der Waals surface area contributed by atoms with Gasteiger partial charge in [0.25, 0.3) is 0 Å². The molecule has 1 nitrogen and oxygen atoms in total. The van der Waals surface area contributed by atoms with Crippen molar-refractivity contribution in [2.45, 2.75) is 0 Å². The molecular formula is BiInOSi. The Morgan fingerprint density at radius 2 is 1.25 bits per heavy atom. The maximum absolute atomic E-state index is 8.06. The van der Waals surface area contributed by atoms with Crippen molar-refractivity contribution in [3.05, 3.63) is 0 Å². The molecule has 0 saturated carbocycles. The summed E-state index contributed by atoms with van der Waals surface area (Å²) in [5, 5.41) is 0. The first kappa shape index (κ1) is 17.1. The van der Waals surface area contributed by atoms with Crippen molar-refractivity contribution < 1.29 is 4.46 Å². The first-order valence-corrected chi connectivity index (χ1v) is 0.612. The summed E-state index contributed by atoms with van der Waals surface area (Å²) in [5.41, 5.74) is 0. The topological polar surface area (TPSA) is 17.1 Å². The van der Waals surface area contributed by atoms with Gasteiger partial charge in [-0.05, 0) is 0 Å². The van der Waals surface area contributed by atoms with Gasteiger partial charge in [0.15, 0.2) is 0 Å². The Hall–Kier alpha value is 1.77. The van der Waals surface area contributed by atoms with Crippen LogP contribution >= 0.6 is 0 Å². The van der Waals surface area contributed by atoms with E-state index in [1.807, 2.05) is 0 Å². The predicted octanol–water partition coefficient (Wildman–Crippen LogP) is -1.26. The van der Waals surface area contributed by atoms with Crippen LogP contribution in [0.3, 0.4) is 0 Å². The van der Waals surface area contributed by atoms with Gasteiger partial charge < -0.3 is 4.46 Å². The van der Waals surface area contributed by atoms with E-state index < -0.39 is 0 Å². The van der Waals surface area contributed by atoms with Gasteiger partial charge in [-0.25, -0.2) is 0 Å². The zero-order chi connectivity index (χ0) is 2.00. The maximum atomic E-state index is 8.06. The van der Waals surface area contributed by atoms with Gasteiger partial charge in [0.1, 0.15) is 0 Å². The molecule has 0 saturated heterocycles. The standard InChI is InChI=1S/Bi.In.OSi/c;;1-2. The average molecular weight is 368 g/mol. The molecule has 0 aromatic rings. The molecule has 0 spiro atoms. The summed E-state index contributed by atoms with van der Waals surface area (Å²) in [6.07, 6.45) is 0. The molecule has 0 N–H and O–H groups in total. The van der Waals surface area contributed by atoms with E-state index in [2.05, 4.69) is 0 Å². The van der Waals surface area contributed by atoms with E-state index in [-0.39, 0.29) is 52.0 Å². The van der Waals surface area contributed by atoms with E-state index in [0.717, 1.165) is 0 Å². The van der Waals surface area contributed by atoms with Crippen molar-refractivity contribution >= 4 is 62.2 Å². The van der Waals surface area contributed by atoms with Crippen molar-refractivity contribution in [1.29, 1.82) is 0 Å². The monoisotopic (exact) mass is 368 g/mol. The Morgan fingerprint density at radius 3 is 1.25 bits per heavy atom. The van der Waals surface area contributed by atoms with Crippen LogP contribution in [0, 0.1) is 0 Å². The van der Waals surface area contributed by atoms with Crippen LogP contribution in [0.5, 0.6) is 0 Å². The van der Waals surface area contributed by atoms with Gasteiger partial charge in [-0.1, -0.05) is 0 Å². The molecule has 0 atom stereocenters. The normalized spacial score (nSPS) is 1.00. The van der Waals surface area contributed by atoms with Crippen LogP contribution in [-0.4, -0.2) is 62.2 Å². The number of rotatable bonds is 0. The third kappa shape index (κ3) is 9.23. The molecule has 0 rings (SSSR count). The second-order valence-electron chi connectivity index (χ2n) is 0. The molecule has 8 radical (unpaired) electrons. The minimum atomic E-state index is 0. The summed E-state index contributed by atoms with van der Waals surface area (Å²) < 4.78 is 8.06. The Bertz CT molecular complexity index is 8.00. The molecule has 0 fully saturated rings. The summed E-state index contributed by atoms with van der Waals surface area (Å²) in [7, 11) is 1.72. The molecule has 0 aromatic carbocycles. The van der Waals surface area contributed by atoms with E-state index in [9.17, 15) is 0 Å². The van der Waals surface area contributed by atoms with Gasteiger partial charge >= 0.3 is 10.1 Å². The van der Waals surface area contributed by atoms with Crippen molar-refractivity contribution in [3.8, 4) is 0 Å². The zero-order valence-corrected chi connectivity index (χ0v) is 9.71. The Kier molecular flexibility index (Phi) is 92.6. The largest absolute Gasteiger partial charge is 0.381 e. The van der Waals surface area contributed by atoms with Crippen molar-refractivity contribution in [3.63, 3.8) is 0 Å². The van der Waals surface area contributed by atoms with Crippen LogP contribution in [0.25, 0.3) is 0 Å². The summed E-state index contributed by atoms with van der Waals surface area (Å²) in [4.78, 5) is 0. The summed E-state index contributed by atoms with van der Waals surface area (Å²) in [5.74, 6) is 0. The van der Waals surface area contributed by atoms with Crippen LogP contribution in [0.2, 0.25) is 0 Å². The van der Waals surface area contributed by atoms with Gasteiger partial charge in [0.05, 0.1) is 0 Å². The summed E-state index contributed by atoms with van der Waals surface area (Å²) >= 11 is 0. The van der Waals surface area contributed by atoms with Gasteiger partial charge in [-0.2, -0.15) is 0 Å². The van der Waals surface area contributed by atoms with Gasteiger partial charge in [0.2, 0.25) is 0 Å². The molecule has 0 bridgehead atoms. The van der Waals surface area contributed by atoms with Crippen LogP contribution in [0.4, 0.5) is 0 Å². The van der Waals surface area contributed by atoms with Crippen molar-refractivity contribution in [2.24, 2.45) is 0 Å². The number of hydrogen-bond acceptors (Lipinski definition) is 1. The molecule has 18 valence electrons. The molecule has 4 heteroatoms. The van der Waals surface area contributed by atoms with E-state index in [0.29, 0.717) is 0 Å². The van der Waals surface area contributed by atoms with Gasteiger partial charge in [-0.3, -0.25) is 0 Å². The summed E-state index contributed by atoms with van der Waals surface area (Å²) in [6, 6.07) is 0. The molecule has 0 amide bonds. The third-order valence-electron chi connectivity index (χ3n) is 0. The molecule has 0 aliphatic heterocycles. The molecule has 0 unspecified atom stereocenters. The van der Waals surface area contributed by atoms with E-state index in [4.69, 9.17) is 4.46 Å². The Labute approximate surface area is 65.9 Å². The second-order valence-corrected chi connectivity index (χ2v) is 0. The number of hydrogen-bond donors (Lipinski definition) is 0. The molecular weight excluding hydrogens is 368 g/mol. The molecule has 0 heterocycles. The van der Waals surface area contributed by atoms with Crippen LogP contribution in [-0.2, 0) is 4.46 Å². The van der Waals surface area contributed by atoms with Gasteiger partial charge in [0, 0.05) is 52.0 Å². The third-order valence-corrected chi connectivity index (χ3v) is 0. The molecule has 0 aromatic heterocycles. The minimum Gasteiger partial charge on any atom is -0.381 e. The summed E-state index contributed by atoms with van der Waals surface area (Å²) in [6.45, 7) is 0. The Morgan fingerprint density at radius 1 is 1.25 bits per heavy atom. The van der Waals surface area contributed by atoms with Crippen LogP contribution in [0.15, 0.2) is 0 Å². The molecule has 0 aliphatic carbocycles. The van der Waals surface area contributed by atoms with Crippen molar-refractivity contribution in [2.75, 3.05) is 0 Å². The predicted molar refractivity (Wildman–Crippen MR) is 17.9 cm³/mol. The fourth-order valence-electron chi connectivity index (χ4n) is 0. The molecule has 4 heavy (non-hydrogen) atoms. The van der Waals surface area contributed by atoms with E-state index in [1.54, 1.807) is 10.1 Å². The molecule has 0 aliphatic rings. The quantitative estimate of drug-likeness (QED) is 0.488. The SMILES string of the molecule is O=[Si].[Bi].[In]. The Balaban J connectivity index is -0.00000000500. The fourth-order valence-corrected chi connectivity index (χ4v) is 0. The van der Waals surface area contributed by atoms with Crippen LogP contribution in [0.1, 0.15) is 0 Å². The zero-order valence-electron chi connectivity index (χ0n) is 1.93. The van der Waals surface area contributed by atoms with Gasteiger partial charge in [-0.15, -0.1) is 0 Å². The van der Waals surface area contributed by atoms with Crippen LogP contribution < -0.4 is 0 Å². The maximum Gasteiger partial charge on any atom is 0.381 e. The van der Waals surface area contributed by atoms with E-state index in [1.165, 1.54) is 0 Å². The van der Waals surface area contributed by atoms with E-state index >= 15 is 0 Å². The average Bonchev–Trinajstić information content (AvgIpc) is 1.00. The van der Waals surface area contributed by atoms with Crippen molar-refractivity contribution in [1.82, 2.24) is 0 Å². The first-order valence-electron chi connectivity index (χ1n) is 0.204. The minimum absolute atomic E-state index is 0. The fraction of sp³-hybridized carbons (Fsp3) is 0. The second kappa shape index (κ2) is 21.6. The smallest absolute Gasteiger partial charge is 0.381 e.